The molecule has 0 aliphatic heterocycles. The van der Waals surface area contributed by atoms with E-state index in [1.54, 1.807) is 0 Å². The molecule has 1 nitrogen and oxygen atoms in total. The van der Waals surface area contributed by atoms with Crippen molar-refractivity contribution in [1.82, 2.24) is 0 Å². The molecule has 0 fully saturated rings. The van der Waals surface area contributed by atoms with E-state index in [2.05, 4.69) is 0 Å². The predicted molar refractivity (Wildman–Crippen MR) is 41.9 cm³/mol. The minimum Gasteiger partial charge on any atom is -0.399 e. The van der Waals surface area contributed by atoms with E-state index in [1.807, 2.05) is 44.2 Å². The summed E-state index contributed by atoms with van der Waals surface area (Å²) in [6.07, 6.45) is 9.53. The molecule has 50 valence electrons. The number of nitrogens with two attached hydrogens (primary N) is 1. The first kappa shape index (κ1) is 8.02. The highest BCUT2D eigenvalue weighted by molar-refractivity contribution is 5.17. The Morgan fingerprint density at radius 3 is 2.33 bits per heavy atom. The molecule has 2 N–H and O–H groups in total. The van der Waals surface area contributed by atoms with Crippen LogP contribution in [0.25, 0.3) is 0 Å². The third-order valence-corrected chi connectivity index (χ3v) is 0.926. The molecule has 0 aliphatic rings. The summed E-state index contributed by atoms with van der Waals surface area (Å²) in [6, 6.07) is 0. The maximum atomic E-state index is 5.45. The molecule has 0 bridgehead atoms. The second-order valence-electron chi connectivity index (χ2n) is 1.67. The van der Waals surface area contributed by atoms with Crippen molar-refractivity contribution in [3.8, 4) is 0 Å². The van der Waals surface area contributed by atoms with Gasteiger partial charge in [0.1, 0.15) is 0 Å². The average Bonchev–Trinajstić information content (AvgIpc) is 1.89. The third-order valence-electron chi connectivity index (χ3n) is 0.926. The Bertz CT molecular complexity index is 141. The molecule has 0 spiro atoms. The van der Waals surface area contributed by atoms with E-state index in [-0.39, 0.29) is 0 Å². The van der Waals surface area contributed by atoms with Crippen molar-refractivity contribution in [1.29, 1.82) is 0 Å². The minimum atomic E-state index is 0.799. The van der Waals surface area contributed by atoms with Gasteiger partial charge in [0.2, 0.25) is 0 Å². The Kier molecular flexibility index (Phi) is 4.60. The lowest BCUT2D eigenvalue weighted by atomic mass is 10.3. The molecular weight excluding hydrogens is 110 g/mol. The summed E-state index contributed by atoms with van der Waals surface area (Å²) < 4.78 is 0. The molecule has 0 aliphatic carbocycles. The van der Waals surface area contributed by atoms with Crippen LogP contribution in [0.3, 0.4) is 0 Å². The molecule has 0 aromatic rings. The van der Waals surface area contributed by atoms with Gasteiger partial charge in [-0.1, -0.05) is 24.3 Å². The molecule has 0 saturated heterocycles. The maximum Gasteiger partial charge on any atom is 0.0270 e. The molecule has 0 unspecified atom stereocenters. The maximum absolute atomic E-state index is 5.45. The van der Waals surface area contributed by atoms with E-state index >= 15 is 0 Å². The van der Waals surface area contributed by atoms with E-state index in [4.69, 9.17) is 5.73 Å². The van der Waals surface area contributed by atoms with Gasteiger partial charge < -0.3 is 5.73 Å². The summed E-state index contributed by atoms with van der Waals surface area (Å²) in [5.41, 5.74) is 6.25. The van der Waals surface area contributed by atoms with Gasteiger partial charge in [-0.15, -0.1) is 0 Å². The molecule has 0 amide bonds. The first-order chi connectivity index (χ1) is 4.31. The van der Waals surface area contributed by atoms with Crippen molar-refractivity contribution in [2.45, 2.75) is 13.8 Å². The topological polar surface area (TPSA) is 26.0 Å². The minimum absolute atomic E-state index is 0.799. The van der Waals surface area contributed by atoms with Crippen molar-refractivity contribution >= 4 is 0 Å². The van der Waals surface area contributed by atoms with Gasteiger partial charge in [0.15, 0.2) is 0 Å². The van der Waals surface area contributed by atoms with Crippen LogP contribution in [0.4, 0.5) is 0 Å². The first-order valence-electron chi connectivity index (χ1n) is 3.02. The van der Waals surface area contributed by atoms with Crippen molar-refractivity contribution in [2.24, 2.45) is 5.73 Å². The quantitative estimate of drug-likeness (QED) is 0.558. The fourth-order valence-electron chi connectivity index (χ4n) is 0.374. The van der Waals surface area contributed by atoms with Crippen molar-refractivity contribution in [3.05, 3.63) is 36.1 Å². The van der Waals surface area contributed by atoms with Crippen LogP contribution in [0.1, 0.15) is 13.8 Å². The molecule has 1 heteroatoms. The van der Waals surface area contributed by atoms with Crippen LogP contribution in [-0.2, 0) is 0 Å². The smallest absolute Gasteiger partial charge is 0.0270 e. The van der Waals surface area contributed by atoms with Gasteiger partial charge in [0.25, 0.3) is 0 Å². The summed E-state index contributed by atoms with van der Waals surface area (Å²) in [7, 11) is 0. The van der Waals surface area contributed by atoms with Crippen LogP contribution in [0, 0.1) is 0 Å². The molecule has 0 aromatic carbocycles. The number of rotatable bonds is 2. The highest BCUT2D eigenvalue weighted by Crippen LogP contribution is 1.85. The molecule has 0 radical (unpaired) electrons. The van der Waals surface area contributed by atoms with Crippen LogP contribution >= 0.6 is 0 Å². The molecular formula is C8H13N. The molecule has 0 saturated carbocycles. The second kappa shape index (κ2) is 5.16. The fourth-order valence-corrected chi connectivity index (χ4v) is 0.374. The zero-order valence-corrected chi connectivity index (χ0v) is 5.96. The van der Waals surface area contributed by atoms with Crippen LogP contribution in [-0.4, -0.2) is 0 Å². The zero-order valence-electron chi connectivity index (χ0n) is 5.96. The summed E-state index contributed by atoms with van der Waals surface area (Å²) >= 11 is 0. The Balaban J connectivity index is 3.71. The van der Waals surface area contributed by atoms with Gasteiger partial charge >= 0.3 is 0 Å². The summed E-state index contributed by atoms with van der Waals surface area (Å²) in [5, 5.41) is 0. The van der Waals surface area contributed by atoms with E-state index in [1.165, 1.54) is 0 Å². The van der Waals surface area contributed by atoms with Crippen molar-refractivity contribution < 1.29 is 0 Å². The molecule has 0 aromatic heterocycles. The number of allylic oxidation sites excluding steroid dienone is 5. The van der Waals surface area contributed by atoms with E-state index in [0.717, 1.165) is 5.70 Å². The Morgan fingerprint density at radius 1 is 1.22 bits per heavy atom. The monoisotopic (exact) mass is 123 g/mol. The van der Waals surface area contributed by atoms with Gasteiger partial charge in [-0.05, 0) is 19.9 Å². The highest BCUT2D eigenvalue weighted by Gasteiger charge is 1.71. The lowest BCUT2D eigenvalue weighted by molar-refractivity contribution is 1.39. The lowest BCUT2D eigenvalue weighted by Crippen LogP contribution is -1.89. The highest BCUT2D eigenvalue weighted by atomic mass is 14.5. The average molecular weight is 123 g/mol. The fraction of sp³-hybridized carbons (Fsp3) is 0.250. The third kappa shape index (κ3) is 4.88. The SMILES string of the molecule is C/C=C/C=C\C(N)=C/C. The Hall–Kier alpha value is -0.980. The standard InChI is InChI=1S/C8H13N/c1-3-5-6-7-8(9)4-2/h3-7H,9H2,1-2H3/b5-3+,7-6-,8-4+. The molecule has 0 heterocycles. The van der Waals surface area contributed by atoms with Crippen LogP contribution in [0.2, 0.25) is 0 Å². The van der Waals surface area contributed by atoms with Gasteiger partial charge in [0.05, 0.1) is 0 Å². The number of hydrogen-bond donors (Lipinski definition) is 1. The zero-order chi connectivity index (χ0) is 7.11. The van der Waals surface area contributed by atoms with E-state index < -0.39 is 0 Å². The van der Waals surface area contributed by atoms with E-state index in [9.17, 15) is 0 Å². The van der Waals surface area contributed by atoms with Crippen LogP contribution in [0.15, 0.2) is 36.1 Å². The molecule has 9 heavy (non-hydrogen) atoms. The van der Waals surface area contributed by atoms with Gasteiger partial charge in [-0.2, -0.15) is 0 Å². The molecule has 0 atom stereocenters. The summed E-state index contributed by atoms with van der Waals surface area (Å²) in [6.45, 7) is 3.88. The van der Waals surface area contributed by atoms with Crippen molar-refractivity contribution in [3.63, 3.8) is 0 Å². The van der Waals surface area contributed by atoms with Gasteiger partial charge in [-0.25, -0.2) is 0 Å². The summed E-state index contributed by atoms with van der Waals surface area (Å²) in [4.78, 5) is 0. The van der Waals surface area contributed by atoms with Gasteiger partial charge in [-0.3, -0.25) is 0 Å². The second-order valence-corrected chi connectivity index (χ2v) is 1.67. The van der Waals surface area contributed by atoms with Gasteiger partial charge in [0, 0.05) is 5.70 Å². The Morgan fingerprint density at radius 2 is 1.89 bits per heavy atom. The normalized spacial score (nSPS) is 13.8. The van der Waals surface area contributed by atoms with Crippen LogP contribution < -0.4 is 5.73 Å². The molecule has 0 rings (SSSR count). The van der Waals surface area contributed by atoms with E-state index in [0.29, 0.717) is 0 Å². The largest absolute Gasteiger partial charge is 0.399 e. The summed E-state index contributed by atoms with van der Waals surface area (Å²) in [5.74, 6) is 0. The lowest BCUT2D eigenvalue weighted by Gasteiger charge is -1.84. The van der Waals surface area contributed by atoms with Crippen molar-refractivity contribution in [2.75, 3.05) is 0 Å². The number of hydrogen-bond acceptors (Lipinski definition) is 1. The first-order valence-corrected chi connectivity index (χ1v) is 3.02. The predicted octanol–water partition coefficient (Wildman–Crippen LogP) is 1.98. The Labute approximate surface area is 56.6 Å². The van der Waals surface area contributed by atoms with Crippen LogP contribution in [0.5, 0.6) is 0 Å².